The maximum atomic E-state index is 13.1. The topological polar surface area (TPSA) is 38.5 Å². The van der Waals surface area contributed by atoms with Gasteiger partial charge in [0.05, 0.1) is 6.61 Å². The number of halogens is 2. The Labute approximate surface area is 118 Å². The number of hydrogen-bond donors (Lipinski definition) is 1. The van der Waals surface area contributed by atoms with E-state index in [4.69, 9.17) is 10.5 Å². The molecule has 0 bridgehead atoms. The van der Waals surface area contributed by atoms with Crippen molar-refractivity contribution < 1.29 is 13.5 Å². The first-order chi connectivity index (χ1) is 9.56. The van der Waals surface area contributed by atoms with Crippen molar-refractivity contribution in [1.82, 2.24) is 4.90 Å². The van der Waals surface area contributed by atoms with Crippen LogP contribution in [-0.2, 0) is 4.74 Å². The van der Waals surface area contributed by atoms with E-state index in [-0.39, 0.29) is 6.04 Å². The molecule has 1 unspecified atom stereocenters. The van der Waals surface area contributed by atoms with Gasteiger partial charge in [-0.15, -0.1) is 0 Å². The largest absolute Gasteiger partial charge is 0.380 e. The molecule has 0 radical (unpaired) electrons. The van der Waals surface area contributed by atoms with Crippen LogP contribution >= 0.6 is 0 Å². The maximum absolute atomic E-state index is 13.1. The molecule has 0 saturated heterocycles. The number of rotatable bonds is 8. The SMILES string of the molecule is CN(CCOCC1CC1)CC(N)c1ccc(F)c(F)c1. The summed E-state index contributed by atoms with van der Waals surface area (Å²) in [6.07, 6.45) is 2.58. The summed E-state index contributed by atoms with van der Waals surface area (Å²) in [5.41, 5.74) is 6.61. The molecule has 0 aliphatic heterocycles. The molecule has 1 aromatic rings. The molecule has 5 heteroatoms. The molecular weight excluding hydrogens is 262 g/mol. The van der Waals surface area contributed by atoms with Crippen LogP contribution in [0.5, 0.6) is 0 Å². The molecule has 1 aliphatic carbocycles. The zero-order chi connectivity index (χ0) is 14.5. The predicted octanol–water partition coefficient (Wildman–Crippen LogP) is 2.32. The summed E-state index contributed by atoms with van der Waals surface area (Å²) in [5, 5.41) is 0. The molecular formula is C15H22F2N2O. The van der Waals surface area contributed by atoms with Gasteiger partial charge in [0.15, 0.2) is 11.6 Å². The van der Waals surface area contributed by atoms with Crippen LogP contribution in [-0.4, -0.2) is 38.3 Å². The molecule has 0 spiro atoms. The number of likely N-dealkylation sites (N-methyl/N-ethyl adjacent to an activating group) is 1. The standard InChI is InChI=1S/C15H22F2N2O/c1-19(6-7-20-10-11-2-3-11)9-15(18)12-4-5-13(16)14(17)8-12/h4-5,8,11,15H,2-3,6-7,9-10,18H2,1H3. The van der Waals surface area contributed by atoms with E-state index >= 15 is 0 Å². The Kier molecular flexibility index (Phi) is 5.46. The summed E-state index contributed by atoms with van der Waals surface area (Å²) in [7, 11) is 1.94. The molecule has 1 atom stereocenters. The summed E-state index contributed by atoms with van der Waals surface area (Å²) in [6, 6.07) is 3.47. The van der Waals surface area contributed by atoms with Crippen molar-refractivity contribution in [2.24, 2.45) is 11.7 Å². The van der Waals surface area contributed by atoms with Gasteiger partial charge in [-0.3, -0.25) is 0 Å². The van der Waals surface area contributed by atoms with Gasteiger partial charge in [-0.05, 0) is 43.5 Å². The minimum absolute atomic E-state index is 0.335. The number of nitrogens with zero attached hydrogens (tertiary/aromatic N) is 1. The fourth-order valence-corrected chi connectivity index (χ4v) is 2.03. The summed E-state index contributed by atoms with van der Waals surface area (Å²) >= 11 is 0. The quantitative estimate of drug-likeness (QED) is 0.745. The lowest BCUT2D eigenvalue weighted by Crippen LogP contribution is -2.31. The second-order valence-electron chi connectivity index (χ2n) is 5.56. The number of ether oxygens (including phenoxy) is 1. The highest BCUT2D eigenvalue weighted by atomic mass is 19.2. The molecule has 1 aliphatic rings. The minimum atomic E-state index is -0.853. The first-order valence-corrected chi connectivity index (χ1v) is 7.03. The third-order valence-electron chi connectivity index (χ3n) is 3.55. The lowest BCUT2D eigenvalue weighted by atomic mass is 10.1. The summed E-state index contributed by atoms with van der Waals surface area (Å²) in [6.45, 7) is 2.89. The van der Waals surface area contributed by atoms with E-state index in [0.29, 0.717) is 18.7 Å². The van der Waals surface area contributed by atoms with Crippen LogP contribution in [0.4, 0.5) is 8.78 Å². The van der Waals surface area contributed by atoms with E-state index in [2.05, 4.69) is 0 Å². The molecule has 2 N–H and O–H groups in total. The summed E-state index contributed by atoms with van der Waals surface area (Å²) in [4.78, 5) is 2.04. The Balaban J connectivity index is 1.71. The summed E-state index contributed by atoms with van der Waals surface area (Å²) in [5.74, 6) is -0.930. The molecule has 112 valence electrons. The molecule has 0 heterocycles. The molecule has 0 amide bonds. The Bertz CT molecular complexity index is 438. The third kappa shape index (κ3) is 4.81. The molecule has 20 heavy (non-hydrogen) atoms. The van der Waals surface area contributed by atoms with Gasteiger partial charge in [0.2, 0.25) is 0 Å². The zero-order valence-corrected chi connectivity index (χ0v) is 11.8. The minimum Gasteiger partial charge on any atom is -0.380 e. The van der Waals surface area contributed by atoms with Gasteiger partial charge in [-0.1, -0.05) is 6.07 Å². The molecule has 1 fully saturated rings. The fraction of sp³-hybridized carbons (Fsp3) is 0.600. The second kappa shape index (κ2) is 7.11. The monoisotopic (exact) mass is 284 g/mol. The van der Waals surface area contributed by atoms with E-state index in [1.165, 1.54) is 18.9 Å². The average molecular weight is 284 g/mol. The number of nitrogens with two attached hydrogens (primary N) is 1. The highest BCUT2D eigenvalue weighted by Gasteiger charge is 2.21. The summed E-state index contributed by atoms with van der Waals surface area (Å²) < 4.78 is 31.6. The maximum Gasteiger partial charge on any atom is 0.159 e. The van der Waals surface area contributed by atoms with Crippen molar-refractivity contribution in [3.05, 3.63) is 35.4 Å². The van der Waals surface area contributed by atoms with Gasteiger partial charge in [0.25, 0.3) is 0 Å². The van der Waals surface area contributed by atoms with Crippen molar-refractivity contribution in [1.29, 1.82) is 0 Å². The Morgan fingerprint density at radius 1 is 1.35 bits per heavy atom. The third-order valence-corrected chi connectivity index (χ3v) is 3.55. The van der Waals surface area contributed by atoms with Crippen LogP contribution in [0.15, 0.2) is 18.2 Å². The average Bonchev–Trinajstić information content (AvgIpc) is 3.22. The van der Waals surface area contributed by atoms with Crippen LogP contribution in [0.1, 0.15) is 24.4 Å². The van der Waals surface area contributed by atoms with Crippen molar-refractivity contribution in [2.75, 3.05) is 33.4 Å². The molecule has 1 aromatic carbocycles. The van der Waals surface area contributed by atoms with E-state index in [9.17, 15) is 8.78 Å². The Morgan fingerprint density at radius 3 is 2.75 bits per heavy atom. The van der Waals surface area contributed by atoms with Gasteiger partial charge in [0.1, 0.15) is 0 Å². The van der Waals surface area contributed by atoms with Crippen LogP contribution < -0.4 is 5.73 Å². The van der Waals surface area contributed by atoms with Gasteiger partial charge in [-0.2, -0.15) is 0 Å². The molecule has 0 aromatic heterocycles. The molecule has 3 nitrogen and oxygen atoms in total. The highest BCUT2D eigenvalue weighted by Crippen LogP contribution is 2.28. The van der Waals surface area contributed by atoms with E-state index in [0.717, 1.165) is 31.2 Å². The number of hydrogen-bond acceptors (Lipinski definition) is 3. The Hall–Kier alpha value is -1.04. The zero-order valence-electron chi connectivity index (χ0n) is 11.8. The lowest BCUT2D eigenvalue weighted by Gasteiger charge is -2.21. The normalized spacial score (nSPS) is 16.6. The van der Waals surface area contributed by atoms with Crippen molar-refractivity contribution in [3.63, 3.8) is 0 Å². The van der Waals surface area contributed by atoms with E-state index in [1.54, 1.807) is 0 Å². The van der Waals surface area contributed by atoms with Crippen molar-refractivity contribution in [3.8, 4) is 0 Å². The van der Waals surface area contributed by atoms with Crippen LogP contribution in [0, 0.1) is 17.6 Å². The van der Waals surface area contributed by atoms with Gasteiger partial charge >= 0.3 is 0 Å². The van der Waals surface area contributed by atoms with E-state index < -0.39 is 11.6 Å². The smallest absolute Gasteiger partial charge is 0.159 e. The van der Waals surface area contributed by atoms with E-state index in [1.807, 2.05) is 11.9 Å². The van der Waals surface area contributed by atoms with Crippen LogP contribution in [0.3, 0.4) is 0 Å². The van der Waals surface area contributed by atoms with Crippen LogP contribution in [0.2, 0.25) is 0 Å². The lowest BCUT2D eigenvalue weighted by molar-refractivity contribution is 0.102. The van der Waals surface area contributed by atoms with Crippen molar-refractivity contribution in [2.45, 2.75) is 18.9 Å². The fourth-order valence-electron chi connectivity index (χ4n) is 2.03. The highest BCUT2D eigenvalue weighted by molar-refractivity contribution is 5.21. The number of benzene rings is 1. The van der Waals surface area contributed by atoms with Gasteiger partial charge < -0.3 is 15.4 Å². The first kappa shape index (κ1) is 15.4. The first-order valence-electron chi connectivity index (χ1n) is 7.03. The Morgan fingerprint density at radius 2 is 2.10 bits per heavy atom. The molecule has 2 rings (SSSR count). The molecule has 1 saturated carbocycles. The predicted molar refractivity (Wildman–Crippen MR) is 74.3 cm³/mol. The van der Waals surface area contributed by atoms with Crippen molar-refractivity contribution >= 4 is 0 Å². The second-order valence-corrected chi connectivity index (χ2v) is 5.56. The van der Waals surface area contributed by atoms with Gasteiger partial charge in [0, 0.05) is 25.7 Å². The van der Waals surface area contributed by atoms with Crippen LogP contribution in [0.25, 0.3) is 0 Å². The van der Waals surface area contributed by atoms with Gasteiger partial charge in [-0.25, -0.2) is 8.78 Å².